The fourth-order valence-electron chi connectivity index (χ4n) is 6.29. The quantitative estimate of drug-likeness (QED) is 0.0528. The van der Waals surface area contributed by atoms with Gasteiger partial charge in [-0.15, -0.1) is 0 Å². The van der Waals surface area contributed by atoms with Crippen molar-refractivity contribution >= 4 is 17.3 Å². The number of hydrogen-bond donors (Lipinski definition) is 0. The molecule has 0 aliphatic rings. The van der Waals surface area contributed by atoms with Crippen molar-refractivity contribution in [2.24, 2.45) is 5.92 Å². The third-order valence-electron chi connectivity index (χ3n) is 9.32. The van der Waals surface area contributed by atoms with Gasteiger partial charge in [0.05, 0.1) is 5.92 Å². The Labute approximate surface area is 269 Å². The summed E-state index contributed by atoms with van der Waals surface area (Å²) in [7, 11) is 0. The maximum Gasteiger partial charge on any atom is 0.143 e. The molecule has 0 heterocycles. The largest absolute Gasteiger partial charge is 0.300 e. The average Bonchev–Trinajstić information content (AvgIpc) is 3.00. The summed E-state index contributed by atoms with van der Waals surface area (Å²) >= 11 is 0. The van der Waals surface area contributed by atoms with Crippen LogP contribution in [0.3, 0.4) is 0 Å². The third kappa shape index (κ3) is 29.5. The van der Waals surface area contributed by atoms with Crippen LogP contribution in [-0.2, 0) is 14.4 Å². The number of ketones is 3. The van der Waals surface area contributed by atoms with E-state index in [4.69, 9.17) is 0 Å². The Balaban J connectivity index is 3.89. The third-order valence-corrected chi connectivity index (χ3v) is 9.32. The normalized spacial score (nSPS) is 12.1. The maximum absolute atomic E-state index is 13.0. The van der Waals surface area contributed by atoms with Crippen LogP contribution in [0.4, 0.5) is 0 Å². The molecule has 0 saturated heterocycles. The number of unbranched alkanes of at least 4 members (excludes halogenated alkanes) is 26. The lowest BCUT2D eigenvalue weighted by Gasteiger charge is -2.14. The molecule has 254 valence electrons. The predicted molar refractivity (Wildman–Crippen MR) is 188 cm³/mol. The van der Waals surface area contributed by atoms with E-state index in [-0.39, 0.29) is 23.8 Å². The van der Waals surface area contributed by atoms with Crippen molar-refractivity contribution in [3.8, 4) is 0 Å². The molecule has 0 radical (unpaired) electrons. The van der Waals surface area contributed by atoms with Crippen LogP contribution in [0.1, 0.15) is 233 Å². The van der Waals surface area contributed by atoms with Gasteiger partial charge < -0.3 is 0 Å². The van der Waals surface area contributed by atoms with Gasteiger partial charge in [-0.05, 0) is 19.3 Å². The molecule has 0 aliphatic carbocycles. The maximum atomic E-state index is 13.0. The smallest absolute Gasteiger partial charge is 0.143 e. The highest BCUT2D eigenvalue weighted by Gasteiger charge is 2.27. The molecule has 0 aromatic heterocycles. The summed E-state index contributed by atoms with van der Waals surface area (Å²) < 4.78 is 0. The van der Waals surface area contributed by atoms with Crippen molar-refractivity contribution in [1.82, 2.24) is 0 Å². The Morgan fingerprint density at radius 3 is 0.884 bits per heavy atom. The van der Waals surface area contributed by atoms with E-state index in [2.05, 4.69) is 20.8 Å². The van der Waals surface area contributed by atoms with Crippen molar-refractivity contribution < 1.29 is 14.4 Å². The SMILES string of the molecule is CCCCCCCCCCCCCCCCCCCCCC(=O)CC(C(=O)CCCCC)C(=O)CCCCCCCCC. The van der Waals surface area contributed by atoms with Crippen LogP contribution in [-0.4, -0.2) is 17.3 Å². The lowest BCUT2D eigenvalue weighted by atomic mass is 9.87. The first-order valence-electron chi connectivity index (χ1n) is 19.6. The van der Waals surface area contributed by atoms with Gasteiger partial charge in [-0.2, -0.15) is 0 Å². The van der Waals surface area contributed by atoms with Gasteiger partial charge in [0.15, 0.2) is 0 Å². The van der Waals surface area contributed by atoms with Crippen LogP contribution in [0.15, 0.2) is 0 Å². The Morgan fingerprint density at radius 2 is 0.558 bits per heavy atom. The Kier molecular flexibility index (Phi) is 33.1. The minimum Gasteiger partial charge on any atom is -0.300 e. The van der Waals surface area contributed by atoms with E-state index in [0.29, 0.717) is 19.3 Å². The molecule has 3 heteroatoms. The molecule has 3 nitrogen and oxygen atoms in total. The van der Waals surface area contributed by atoms with Gasteiger partial charge >= 0.3 is 0 Å². The lowest BCUT2D eigenvalue weighted by molar-refractivity contribution is -0.136. The van der Waals surface area contributed by atoms with Gasteiger partial charge in [0, 0.05) is 25.7 Å². The van der Waals surface area contributed by atoms with Gasteiger partial charge in [0.2, 0.25) is 0 Å². The fourth-order valence-corrected chi connectivity index (χ4v) is 6.29. The molecular weight excluding hydrogens is 528 g/mol. The van der Waals surface area contributed by atoms with Gasteiger partial charge in [0.25, 0.3) is 0 Å². The fraction of sp³-hybridized carbons (Fsp3) is 0.925. The van der Waals surface area contributed by atoms with E-state index in [1.807, 2.05) is 0 Å². The van der Waals surface area contributed by atoms with Gasteiger partial charge in [-0.25, -0.2) is 0 Å². The van der Waals surface area contributed by atoms with Crippen molar-refractivity contribution in [2.75, 3.05) is 0 Å². The summed E-state index contributed by atoms with van der Waals surface area (Å²) in [5, 5.41) is 0. The molecule has 0 aromatic carbocycles. The van der Waals surface area contributed by atoms with E-state index < -0.39 is 5.92 Å². The molecule has 0 fully saturated rings. The average molecular weight is 605 g/mol. The Morgan fingerprint density at radius 1 is 0.326 bits per heavy atom. The van der Waals surface area contributed by atoms with Crippen molar-refractivity contribution in [3.63, 3.8) is 0 Å². The second-order valence-electron chi connectivity index (χ2n) is 13.7. The molecule has 0 rings (SSSR count). The topological polar surface area (TPSA) is 51.2 Å². The zero-order valence-electron chi connectivity index (χ0n) is 29.6. The van der Waals surface area contributed by atoms with E-state index in [0.717, 1.165) is 44.9 Å². The highest BCUT2D eigenvalue weighted by molar-refractivity contribution is 6.05. The number of carbonyl (C=O) groups excluding carboxylic acids is 3. The van der Waals surface area contributed by atoms with Crippen LogP contribution in [0.5, 0.6) is 0 Å². The molecule has 1 atom stereocenters. The highest BCUT2D eigenvalue weighted by Crippen LogP contribution is 2.20. The number of rotatable bonds is 36. The lowest BCUT2D eigenvalue weighted by Crippen LogP contribution is -2.27. The molecule has 0 amide bonds. The van der Waals surface area contributed by atoms with Gasteiger partial charge in [0.1, 0.15) is 17.3 Å². The zero-order chi connectivity index (χ0) is 31.6. The second-order valence-corrected chi connectivity index (χ2v) is 13.7. The molecule has 1 unspecified atom stereocenters. The zero-order valence-corrected chi connectivity index (χ0v) is 29.6. The summed E-state index contributed by atoms with van der Waals surface area (Å²) in [4.78, 5) is 38.6. The van der Waals surface area contributed by atoms with Crippen molar-refractivity contribution in [1.29, 1.82) is 0 Å². The molecular formula is C40H76O3. The molecule has 0 bridgehead atoms. The van der Waals surface area contributed by atoms with Crippen LogP contribution < -0.4 is 0 Å². The second kappa shape index (κ2) is 33.9. The molecule has 0 saturated carbocycles. The number of carbonyl (C=O) groups is 3. The molecule has 0 aliphatic heterocycles. The molecule has 0 N–H and O–H groups in total. The minimum atomic E-state index is -0.676. The van der Waals surface area contributed by atoms with E-state index >= 15 is 0 Å². The summed E-state index contributed by atoms with van der Waals surface area (Å²) in [6.07, 6.45) is 38.1. The first-order valence-corrected chi connectivity index (χ1v) is 19.6. The summed E-state index contributed by atoms with van der Waals surface area (Å²) in [5.41, 5.74) is 0. The van der Waals surface area contributed by atoms with Gasteiger partial charge in [-0.1, -0.05) is 188 Å². The summed E-state index contributed by atoms with van der Waals surface area (Å²) in [6.45, 7) is 6.63. The van der Waals surface area contributed by atoms with Crippen LogP contribution in [0.25, 0.3) is 0 Å². The van der Waals surface area contributed by atoms with E-state index in [1.165, 1.54) is 141 Å². The highest BCUT2D eigenvalue weighted by atomic mass is 16.2. The summed E-state index contributed by atoms with van der Waals surface area (Å²) in [6, 6.07) is 0. The Bertz CT molecular complexity index is 625. The predicted octanol–water partition coefficient (Wildman–Crippen LogP) is 13.2. The molecule has 43 heavy (non-hydrogen) atoms. The minimum absolute atomic E-state index is 0.0166. The van der Waals surface area contributed by atoms with E-state index in [9.17, 15) is 14.4 Å². The Hall–Kier alpha value is -0.990. The van der Waals surface area contributed by atoms with Crippen molar-refractivity contribution in [2.45, 2.75) is 233 Å². The van der Waals surface area contributed by atoms with Gasteiger partial charge in [-0.3, -0.25) is 14.4 Å². The number of hydrogen-bond acceptors (Lipinski definition) is 3. The molecule has 0 spiro atoms. The van der Waals surface area contributed by atoms with Crippen LogP contribution in [0, 0.1) is 5.92 Å². The van der Waals surface area contributed by atoms with E-state index in [1.54, 1.807) is 0 Å². The van der Waals surface area contributed by atoms with Crippen molar-refractivity contribution in [3.05, 3.63) is 0 Å². The number of Topliss-reactive ketones (excluding diaryl/α,β-unsaturated/α-hetero) is 3. The van der Waals surface area contributed by atoms with Crippen LogP contribution in [0.2, 0.25) is 0 Å². The first kappa shape index (κ1) is 42.0. The van der Waals surface area contributed by atoms with Crippen LogP contribution >= 0.6 is 0 Å². The monoisotopic (exact) mass is 605 g/mol. The first-order chi connectivity index (χ1) is 21.1. The molecule has 0 aromatic rings. The summed E-state index contributed by atoms with van der Waals surface area (Å²) in [5.74, 6) is -0.516. The standard InChI is InChI=1S/C40H76O3/c1-4-7-10-12-14-15-16-17-18-19-20-21-22-23-24-25-27-28-31-33-37(41)36-38(39(42)34-30-9-6-3)40(43)35-32-29-26-13-11-8-5-2/h38H,4-36H2,1-3H3.